The van der Waals surface area contributed by atoms with Crippen molar-refractivity contribution >= 4 is 21.6 Å². The normalized spacial score (nSPS) is 15.6. The number of sulfonamides is 1. The number of fused-ring (bicyclic) bond motifs is 1. The summed E-state index contributed by atoms with van der Waals surface area (Å²) >= 11 is 0. The van der Waals surface area contributed by atoms with Crippen molar-refractivity contribution in [3.05, 3.63) is 71.3 Å². The standard InChI is InChI=1S/C29H32N2O5S/c1-5-31(6-2)37(33,34)23-10-11-24(20(4)15-23)25-17-22(9-7-19(25)3)30-28(32)29(13-14-29)21-8-12-26-27(16-21)36-18-35-26/h7-12,15-17H,5-6,13-14,18H2,1-4H3,(H,30,32). The molecule has 2 aliphatic rings. The molecule has 5 rings (SSSR count). The third kappa shape index (κ3) is 4.49. The van der Waals surface area contributed by atoms with Gasteiger partial charge in [-0.05, 0) is 90.9 Å². The van der Waals surface area contributed by atoms with E-state index in [1.54, 1.807) is 12.1 Å². The summed E-state index contributed by atoms with van der Waals surface area (Å²) in [4.78, 5) is 13.7. The first-order valence-corrected chi connectivity index (χ1v) is 14.1. The molecule has 1 aliphatic heterocycles. The fourth-order valence-corrected chi connectivity index (χ4v) is 6.56. The van der Waals surface area contributed by atoms with E-state index in [1.807, 2.05) is 70.2 Å². The van der Waals surface area contributed by atoms with E-state index in [0.717, 1.165) is 40.7 Å². The number of anilines is 1. The predicted molar refractivity (Wildman–Crippen MR) is 144 cm³/mol. The molecule has 1 heterocycles. The molecule has 3 aromatic carbocycles. The lowest BCUT2D eigenvalue weighted by molar-refractivity contribution is -0.118. The van der Waals surface area contributed by atoms with Crippen LogP contribution in [0.25, 0.3) is 11.1 Å². The van der Waals surface area contributed by atoms with E-state index in [-0.39, 0.29) is 12.7 Å². The smallest absolute Gasteiger partial charge is 0.243 e. The molecule has 0 unspecified atom stereocenters. The number of carbonyl (C=O) groups excluding carboxylic acids is 1. The lowest BCUT2D eigenvalue weighted by atomic mass is 9.93. The minimum Gasteiger partial charge on any atom is -0.454 e. The van der Waals surface area contributed by atoms with E-state index in [9.17, 15) is 13.2 Å². The zero-order chi connectivity index (χ0) is 26.4. The first-order chi connectivity index (χ1) is 17.7. The summed E-state index contributed by atoms with van der Waals surface area (Å²) in [5, 5.41) is 3.12. The van der Waals surface area contributed by atoms with Crippen LogP contribution in [0.5, 0.6) is 11.5 Å². The molecule has 1 aliphatic carbocycles. The molecule has 7 nitrogen and oxygen atoms in total. The number of carbonyl (C=O) groups is 1. The maximum Gasteiger partial charge on any atom is 0.243 e. The highest BCUT2D eigenvalue weighted by Gasteiger charge is 2.51. The van der Waals surface area contributed by atoms with Gasteiger partial charge in [-0.15, -0.1) is 0 Å². The van der Waals surface area contributed by atoms with Crippen LogP contribution in [-0.2, 0) is 20.2 Å². The van der Waals surface area contributed by atoms with Crippen LogP contribution in [0, 0.1) is 13.8 Å². The summed E-state index contributed by atoms with van der Waals surface area (Å²) in [5.74, 6) is 1.34. The number of nitrogens with zero attached hydrogens (tertiary/aromatic N) is 1. The number of hydrogen-bond acceptors (Lipinski definition) is 5. The Morgan fingerprint density at radius 1 is 0.892 bits per heavy atom. The van der Waals surface area contributed by atoms with Gasteiger partial charge in [-0.3, -0.25) is 4.79 Å². The van der Waals surface area contributed by atoms with Crippen molar-refractivity contribution in [1.29, 1.82) is 0 Å². The molecule has 0 spiro atoms. The fraction of sp³-hybridized carbons (Fsp3) is 0.345. The van der Waals surface area contributed by atoms with Crippen molar-refractivity contribution in [3.8, 4) is 22.6 Å². The third-order valence-electron chi connectivity index (χ3n) is 7.44. The Bertz CT molecular complexity index is 1470. The van der Waals surface area contributed by atoms with Crippen LogP contribution in [0.2, 0.25) is 0 Å². The minimum absolute atomic E-state index is 0.0430. The number of aryl methyl sites for hydroxylation is 2. The van der Waals surface area contributed by atoms with Gasteiger partial charge in [-0.1, -0.05) is 32.0 Å². The van der Waals surface area contributed by atoms with Gasteiger partial charge in [-0.25, -0.2) is 8.42 Å². The molecule has 8 heteroatoms. The summed E-state index contributed by atoms with van der Waals surface area (Å²) in [7, 11) is -3.54. The van der Waals surface area contributed by atoms with Crippen LogP contribution >= 0.6 is 0 Å². The van der Waals surface area contributed by atoms with Crippen molar-refractivity contribution < 1.29 is 22.7 Å². The number of hydrogen-bond donors (Lipinski definition) is 1. The Kier molecular flexibility index (Phi) is 6.50. The number of nitrogens with one attached hydrogen (secondary N) is 1. The molecule has 0 atom stereocenters. The molecule has 194 valence electrons. The Balaban J connectivity index is 1.41. The van der Waals surface area contributed by atoms with E-state index in [1.165, 1.54) is 4.31 Å². The van der Waals surface area contributed by atoms with E-state index < -0.39 is 15.4 Å². The van der Waals surface area contributed by atoms with Crippen LogP contribution < -0.4 is 14.8 Å². The van der Waals surface area contributed by atoms with Gasteiger partial charge in [-0.2, -0.15) is 4.31 Å². The van der Waals surface area contributed by atoms with Gasteiger partial charge in [0.1, 0.15) is 0 Å². The predicted octanol–water partition coefficient (Wildman–Crippen LogP) is 5.40. The lowest BCUT2D eigenvalue weighted by Gasteiger charge is -2.20. The second-order valence-electron chi connectivity index (χ2n) is 9.70. The van der Waals surface area contributed by atoms with E-state index in [2.05, 4.69) is 5.32 Å². The zero-order valence-electron chi connectivity index (χ0n) is 21.6. The van der Waals surface area contributed by atoms with Crippen LogP contribution in [0.1, 0.15) is 43.4 Å². The number of benzene rings is 3. The molecular weight excluding hydrogens is 488 g/mol. The van der Waals surface area contributed by atoms with E-state index >= 15 is 0 Å². The summed E-state index contributed by atoms with van der Waals surface area (Å²) < 4.78 is 38.3. The van der Waals surface area contributed by atoms with Gasteiger partial charge >= 0.3 is 0 Å². The van der Waals surface area contributed by atoms with Crippen molar-refractivity contribution in [3.63, 3.8) is 0 Å². The largest absolute Gasteiger partial charge is 0.454 e. The van der Waals surface area contributed by atoms with E-state index in [0.29, 0.717) is 35.2 Å². The van der Waals surface area contributed by atoms with Gasteiger partial charge in [0, 0.05) is 18.8 Å². The Morgan fingerprint density at radius 2 is 1.62 bits per heavy atom. The molecule has 1 amide bonds. The Morgan fingerprint density at radius 3 is 2.30 bits per heavy atom. The lowest BCUT2D eigenvalue weighted by Crippen LogP contribution is -2.30. The minimum atomic E-state index is -3.54. The molecule has 0 aromatic heterocycles. The average Bonchev–Trinajstić information content (AvgIpc) is 3.56. The number of ether oxygens (including phenoxy) is 2. The summed E-state index contributed by atoms with van der Waals surface area (Å²) in [6.45, 7) is 8.65. The van der Waals surface area contributed by atoms with Crippen molar-refractivity contribution in [2.24, 2.45) is 0 Å². The second kappa shape index (κ2) is 9.50. The van der Waals surface area contributed by atoms with Gasteiger partial charge in [0.2, 0.25) is 22.7 Å². The second-order valence-corrected chi connectivity index (χ2v) is 11.6. The molecule has 0 bridgehead atoms. The molecule has 37 heavy (non-hydrogen) atoms. The molecule has 3 aromatic rings. The van der Waals surface area contributed by atoms with Gasteiger partial charge in [0.25, 0.3) is 0 Å². The molecule has 1 saturated carbocycles. The van der Waals surface area contributed by atoms with Crippen LogP contribution in [0.15, 0.2) is 59.5 Å². The van der Waals surface area contributed by atoms with Crippen molar-refractivity contribution in [2.75, 3.05) is 25.2 Å². The molecular formula is C29H32N2O5S. The monoisotopic (exact) mass is 520 g/mol. The molecule has 1 fully saturated rings. The summed E-state index contributed by atoms with van der Waals surface area (Å²) in [6.07, 6.45) is 1.55. The third-order valence-corrected chi connectivity index (χ3v) is 9.48. The highest BCUT2D eigenvalue weighted by molar-refractivity contribution is 7.89. The van der Waals surface area contributed by atoms with Crippen LogP contribution in [0.3, 0.4) is 0 Å². The topological polar surface area (TPSA) is 84.9 Å². The Hall–Kier alpha value is -3.36. The highest BCUT2D eigenvalue weighted by Crippen LogP contribution is 2.51. The first kappa shape index (κ1) is 25.3. The average molecular weight is 521 g/mol. The number of rotatable bonds is 8. The maximum absolute atomic E-state index is 13.4. The maximum atomic E-state index is 13.4. The first-order valence-electron chi connectivity index (χ1n) is 12.6. The summed E-state index contributed by atoms with van der Waals surface area (Å²) in [5.41, 5.74) is 4.86. The highest BCUT2D eigenvalue weighted by atomic mass is 32.2. The van der Waals surface area contributed by atoms with Gasteiger partial charge in [0.15, 0.2) is 11.5 Å². The molecule has 1 N–H and O–H groups in total. The molecule has 0 radical (unpaired) electrons. The Labute approximate surface area is 218 Å². The SMILES string of the molecule is CCN(CC)S(=O)(=O)c1ccc(-c2cc(NC(=O)C3(c4ccc5c(c4)OCO5)CC3)ccc2C)c(C)c1. The summed E-state index contributed by atoms with van der Waals surface area (Å²) in [6, 6.07) is 16.8. The fourth-order valence-electron chi connectivity index (χ4n) is 5.02. The zero-order valence-corrected chi connectivity index (χ0v) is 22.4. The quantitative estimate of drug-likeness (QED) is 0.430. The van der Waals surface area contributed by atoms with Crippen LogP contribution in [0.4, 0.5) is 5.69 Å². The van der Waals surface area contributed by atoms with Crippen molar-refractivity contribution in [2.45, 2.75) is 50.8 Å². The van der Waals surface area contributed by atoms with Crippen LogP contribution in [-0.4, -0.2) is 38.5 Å². The van der Waals surface area contributed by atoms with Crippen molar-refractivity contribution in [1.82, 2.24) is 4.31 Å². The van der Waals surface area contributed by atoms with E-state index in [4.69, 9.17) is 9.47 Å². The van der Waals surface area contributed by atoms with Gasteiger partial charge in [0.05, 0.1) is 10.3 Å². The number of amides is 1. The molecule has 0 saturated heterocycles. The van der Waals surface area contributed by atoms with Gasteiger partial charge < -0.3 is 14.8 Å².